The van der Waals surface area contributed by atoms with E-state index in [0.29, 0.717) is 29.3 Å². The standard InChI is InChI=1S/C24H25N3O4S/c1-16(32-18-10-11-21(30-2)22(13-18)31-3)23(28)27-20-9-5-4-8-19(20)24(29)26-15-17-7-6-12-25-14-17/h4-14,16H,15H2,1-3H3,(H,26,29)(H,27,28). The average Bonchev–Trinajstić information content (AvgIpc) is 2.83. The molecule has 32 heavy (non-hydrogen) atoms. The Hall–Kier alpha value is -3.52. The van der Waals surface area contributed by atoms with E-state index >= 15 is 0 Å². The normalized spacial score (nSPS) is 11.3. The second-order valence-electron chi connectivity index (χ2n) is 6.86. The number of thioether (sulfide) groups is 1. The number of para-hydroxylation sites is 1. The molecule has 7 nitrogen and oxygen atoms in total. The molecule has 0 aliphatic carbocycles. The van der Waals surface area contributed by atoms with Crippen LogP contribution in [0.4, 0.5) is 5.69 Å². The molecule has 0 radical (unpaired) electrons. The van der Waals surface area contributed by atoms with E-state index in [1.54, 1.807) is 56.9 Å². The molecule has 3 aromatic rings. The van der Waals surface area contributed by atoms with Gasteiger partial charge in [-0.3, -0.25) is 14.6 Å². The molecule has 0 saturated carbocycles. The second kappa shape index (κ2) is 11.2. The summed E-state index contributed by atoms with van der Waals surface area (Å²) >= 11 is 1.39. The van der Waals surface area contributed by atoms with E-state index in [4.69, 9.17) is 9.47 Å². The van der Waals surface area contributed by atoms with E-state index in [1.165, 1.54) is 11.8 Å². The Bertz CT molecular complexity index is 1080. The van der Waals surface area contributed by atoms with E-state index < -0.39 is 5.25 Å². The van der Waals surface area contributed by atoms with Gasteiger partial charge in [0.05, 0.1) is 30.7 Å². The van der Waals surface area contributed by atoms with E-state index in [2.05, 4.69) is 15.6 Å². The zero-order chi connectivity index (χ0) is 22.9. The second-order valence-corrected chi connectivity index (χ2v) is 8.27. The molecule has 2 aromatic carbocycles. The van der Waals surface area contributed by atoms with Crippen molar-refractivity contribution in [3.63, 3.8) is 0 Å². The number of pyridine rings is 1. The summed E-state index contributed by atoms with van der Waals surface area (Å²) in [4.78, 5) is 30.4. The van der Waals surface area contributed by atoms with Crippen LogP contribution in [0.5, 0.6) is 11.5 Å². The van der Waals surface area contributed by atoms with Crippen LogP contribution in [0.15, 0.2) is 71.9 Å². The van der Waals surface area contributed by atoms with E-state index in [0.717, 1.165) is 10.5 Å². The minimum Gasteiger partial charge on any atom is -0.493 e. The van der Waals surface area contributed by atoms with Gasteiger partial charge in [0.25, 0.3) is 5.91 Å². The minimum absolute atomic E-state index is 0.211. The van der Waals surface area contributed by atoms with Gasteiger partial charge in [0, 0.05) is 23.8 Å². The molecule has 0 spiro atoms. The number of anilines is 1. The maximum Gasteiger partial charge on any atom is 0.253 e. The Kier molecular flexibility index (Phi) is 8.10. The van der Waals surface area contributed by atoms with Crippen molar-refractivity contribution in [2.75, 3.05) is 19.5 Å². The SMILES string of the molecule is COc1ccc(SC(C)C(=O)Nc2ccccc2C(=O)NCc2cccnc2)cc1OC. The van der Waals surface area contributed by atoms with Gasteiger partial charge in [-0.15, -0.1) is 11.8 Å². The first-order valence-electron chi connectivity index (χ1n) is 9.97. The molecule has 0 fully saturated rings. The number of nitrogens with zero attached hydrogens (tertiary/aromatic N) is 1. The van der Waals surface area contributed by atoms with Gasteiger partial charge in [-0.1, -0.05) is 18.2 Å². The van der Waals surface area contributed by atoms with Crippen molar-refractivity contribution in [1.82, 2.24) is 10.3 Å². The summed E-state index contributed by atoms with van der Waals surface area (Å²) in [6, 6.07) is 16.1. The van der Waals surface area contributed by atoms with Gasteiger partial charge in [-0.2, -0.15) is 0 Å². The van der Waals surface area contributed by atoms with Gasteiger partial charge in [0.15, 0.2) is 11.5 Å². The molecular weight excluding hydrogens is 426 g/mol. The lowest BCUT2D eigenvalue weighted by molar-refractivity contribution is -0.115. The van der Waals surface area contributed by atoms with Gasteiger partial charge in [-0.05, 0) is 48.9 Å². The van der Waals surface area contributed by atoms with Crippen LogP contribution in [0.2, 0.25) is 0 Å². The number of benzene rings is 2. The van der Waals surface area contributed by atoms with Crippen LogP contribution >= 0.6 is 11.8 Å². The van der Waals surface area contributed by atoms with Crippen molar-refractivity contribution < 1.29 is 19.1 Å². The van der Waals surface area contributed by atoms with Crippen LogP contribution in [-0.2, 0) is 11.3 Å². The summed E-state index contributed by atoms with van der Waals surface area (Å²) in [7, 11) is 3.14. The lowest BCUT2D eigenvalue weighted by Crippen LogP contribution is -2.27. The first kappa shape index (κ1) is 23.1. The zero-order valence-corrected chi connectivity index (χ0v) is 18.9. The van der Waals surface area contributed by atoms with Crippen molar-refractivity contribution in [2.24, 2.45) is 0 Å². The highest BCUT2D eigenvalue weighted by Gasteiger charge is 2.19. The molecule has 1 unspecified atom stereocenters. The quantitative estimate of drug-likeness (QED) is 0.475. The molecule has 8 heteroatoms. The average molecular weight is 452 g/mol. The third kappa shape index (κ3) is 6.01. The number of methoxy groups -OCH3 is 2. The van der Waals surface area contributed by atoms with E-state index in [-0.39, 0.29) is 11.8 Å². The number of hydrogen-bond donors (Lipinski definition) is 2. The molecule has 1 atom stereocenters. The lowest BCUT2D eigenvalue weighted by Gasteiger charge is -2.15. The van der Waals surface area contributed by atoms with Gasteiger partial charge in [0.2, 0.25) is 5.91 Å². The first-order valence-corrected chi connectivity index (χ1v) is 10.9. The molecule has 166 valence electrons. The van der Waals surface area contributed by atoms with Crippen molar-refractivity contribution in [3.05, 3.63) is 78.1 Å². The highest BCUT2D eigenvalue weighted by molar-refractivity contribution is 8.00. The molecule has 1 heterocycles. The largest absolute Gasteiger partial charge is 0.493 e. The number of hydrogen-bond acceptors (Lipinski definition) is 6. The maximum atomic E-state index is 12.8. The summed E-state index contributed by atoms with van der Waals surface area (Å²) < 4.78 is 10.6. The van der Waals surface area contributed by atoms with Gasteiger partial charge < -0.3 is 20.1 Å². The summed E-state index contributed by atoms with van der Waals surface area (Å²) in [5, 5.41) is 5.33. The molecule has 0 aliphatic rings. The summed E-state index contributed by atoms with van der Waals surface area (Å²) in [5.41, 5.74) is 1.75. The number of ether oxygens (including phenoxy) is 2. The number of amides is 2. The molecule has 0 aliphatic heterocycles. The molecule has 0 saturated heterocycles. The van der Waals surface area contributed by atoms with E-state index in [9.17, 15) is 9.59 Å². The number of carbonyl (C=O) groups excluding carboxylic acids is 2. The van der Waals surface area contributed by atoms with E-state index in [1.807, 2.05) is 31.2 Å². The number of aromatic nitrogens is 1. The maximum absolute atomic E-state index is 12.8. The van der Waals surface area contributed by atoms with Crippen LogP contribution in [0.3, 0.4) is 0 Å². The smallest absolute Gasteiger partial charge is 0.253 e. The molecule has 2 amide bonds. The Balaban J connectivity index is 1.65. The lowest BCUT2D eigenvalue weighted by atomic mass is 10.1. The predicted molar refractivity (Wildman–Crippen MR) is 125 cm³/mol. The molecule has 1 aromatic heterocycles. The Morgan fingerprint density at radius 1 is 1.03 bits per heavy atom. The van der Waals surface area contributed by atoms with Crippen LogP contribution in [0, 0.1) is 0 Å². The Morgan fingerprint density at radius 3 is 2.53 bits per heavy atom. The summed E-state index contributed by atoms with van der Waals surface area (Å²) in [6.45, 7) is 2.16. The molecular formula is C24H25N3O4S. The fourth-order valence-electron chi connectivity index (χ4n) is 2.95. The minimum atomic E-state index is -0.403. The van der Waals surface area contributed by atoms with Crippen molar-refractivity contribution in [2.45, 2.75) is 23.6 Å². The molecule has 2 N–H and O–H groups in total. The predicted octanol–water partition coefficient (Wildman–Crippen LogP) is 4.15. The molecule has 3 rings (SSSR count). The highest BCUT2D eigenvalue weighted by Crippen LogP contribution is 2.33. The van der Waals surface area contributed by atoms with Gasteiger partial charge in [0.1, 0.15) is 0 Å². The number of rotatable bonds is 9. The van der Waals surface area contributed by atoms with Gasteiger partial charge >= 0.3 is 0 Å². The van der Waals surface area contributed by atoms with Crippen LogP contribution < -0.4 is 20.1 Å². The fraction of sp³-hybridized carbons (Fsp3) is 0.208. The van der Waals surface area contributed by atoms with Crippen molar-refractivity contribution in [3.8, 4) is 11.5 Å². The number of carbonyl (C=O) groups is 2. The Morgan fingerprint density at radius 2 is 1.81 bits per heavy atom. The first-order chi connectivity index (χ1) is 15.5. The van der Waals surface area contributed by atoms with Crippen LogP contribution in [0.1, 0.15) is 22.8 Å². The Labute approximate surface area is 191 Å². The van der Waals surface area contributed by atoms with Crippen molar-refractivity contribution in [1.29, 1.82) is 0 Å². The summed E-state index contributed by atoms with van der Waals surface area (Å²) in [5.74, 6) is 0.739. The third-order valence-corrected chi connectivity index (χ3v) is 5.74. The third-order valence-electron chi connectivity index (χ3n) is 4.64. The van der Waals surface area contributed by atoms with Gasteiger partial charge in [-0.25, -0.2) is 0 Å². The van der Waals surface area contributed by atoms with Crippen LogP contribution in [0.25, 0.3) is 0 Å². The monoisotopic (exact) mass is 451 g/mol. The molecule has 0 bridgehead atoms. The van der Waals surface area contributed by atoms with Crippen LogP contribution in [-0.4, -0.2) is 36.3 Å². The fourth-order valence-corrected chi connectivity index (χ4v) is 3.85. The topological polar surface area (TPSA) is 89.5 Å². The van der Waals surface area contributed by atoms with Crippen molar-refractivity contribution >= 4 is 29.3 Å². The highest BCUT2D eigenvalue weighted by atomic mass is 32.2. The number of nitrogens with one attached hydrogen (secondary N) is 2. The summed E-state index contributed by atoms with van der Waals surface area (Å²) in [6.07, 6.45) is 3.37. The zero-order valence-electron chi connectivity index (χ0n) is 18.1.